The van der Waals surface area contributed by atoms with E-state index in [1.54, 1.807) is 13.1 Å². The lowest BCUT2D eigenvalue weighted by molar-refractivity contribution is 0.0524. The molecule has 1 atom stereocenters. The van der Waals surface area contributed by atoms with Crippen molar-refractivity contribution in [2.45, 2.75) is 39.7 Å². The van der Waals surface area contributed by atoms with Gasteiger partial charge in [0.15, 0.2) is 0 Å². The maximum absolute atomic E-state index is 12.6. The van der Waals surface area contributed by atoms with Crippen molar-refractivity contribution < 1.29 is 9.53 Å². The van der Waals surface area contributed by atoms with Crippen molar-refractivity contribution >= 4 is 16.9 Å². The quantitative estimate of drug-likeness (QED) is 0.797. The first-order valence-electron chi connectivity index (χ1n) is 7.38. The minimum Gasteiger partial charge on any atom is -0.462 e. The summed E-state index contributed by atoms with van der Waals surface area (Å²) in [5.41, 5.74) is 3.12. The molecule has 0 aliphatic carbocycles. The number of esters is 1. The van der Waals surface area contributed by atoms with Gasteiger partial charge in [-0.1, -0.05) is 6.07 Å². The number of aryl methyl sites for hydroxylation is 2. The average molecular weight is 285 g/mol. The van der Waals surface area contributed by atoms with Crippen LogP contribution in [-0.4, -0.2) is 17.1 Å². The summed E-state index contributed by atoms with van der Waals surface area (Å²) >= 11 is 0. The SMILES string of the molecule is CCOC(=O)c1cn2c3c(cc(C)cc3c1=O)CCC2C. The van der Waals surface area contributed by atoms with Gasteiger partial charge in [0.1, 0.15) is 5.56 Å². The number of nitrogens with zero attached hydrogens (tertiary/aromatic N) is 1. The first kappa shape index (κ1) is 13.9. The predicted molar refractivity (Wildman–Crippen MR) is 81.9 cm³/mol. The fraction of sp³-hybridized carbons (Fsp3) is 0.412. The van der Waals surface area contributed by atoms with E-state index >= 15 is 0 Å². The molecule has 0 radical (unpaired) electrons. The summed E-state index contributed by atoms with van der Waals surface area (Å²) in [5, 5.41) is 0.627. The molecule has 1 aliphatic rings. The van der Waals surface area contributed by atoms with Crippen LogP contribution in [0, 0.1) is 6.92 Å². The molecule has 3 rings (SSSR count). The molecule has 0 saturated carbocycles. The third-order valence-electron chi connectivity index (χ3n) is 4.15. The Balaban J connectivity index is 2.38. The third kappa shape index (κ3) is 2.15. The van der Waals surface area contributed by atoms with E-state index in [9.17, 15) is 9.59 Å². The van der Waals surface area contributed by atoms with Crippen LogP contribution in [0.2, 0.25) is 0 Å². The number of carbonyl (C=O) groups is 1. The largest absolute Gasteiger partial charge is 0.462 e. The van der Waals surface area contributed by atoms with Crippen LogP contribution >= 0.6 is 0 Å². The smallest absolute Gasteiger partial charge is 0.343 e. The van der Waals surface area contributed by atoms with Gasteiger partial charge < -0.3 is 9.30 Å². The van der Waals surface area contributed by atoms with Gasteiger partial charge in [0, 0.05) is 17.6 Å². The van der Waals surface area contributed by atoms with Crippen LogP contribution in [0.15, 0.2) is 23.1 Å². The van der Waals surface area contributed by atoms with E-state index in [4.69, 9.17) is 4.74 Å². The highest BCUT2D eigenvalue weighted by Gasteiger charge is 2.23. The molecule has 4 nitrogen and oxygen atoms in total. The minimum absolute atomic E-state index is 0.134. The van der Waals surface area contributed by atoms with Crippen LogP contribution in [0.1, 0.15) is 47.8 Å². The molecule has 0 fully saturated rings. The first-order valence-corrected chi connectivity index (χ1v) is 7.38. The Morgan fingerprint density at radius 1 is 1.43 bits per heavy atom. The van der Waals surface area contributed by atoms with Crippen LogP contribution in [0.25, 0.3) is 10.9 Å². The Morgan fingerprint density at radius 3 is 2.90 bits per heavy atom. The highest BCUT2D eigenvalue weighted by molar-refractivity contribution is 5.95. The van der Waals surface area contributed by atoms with E-state index in [1.807, 2.05) is 13.0 Å². The minimum atomic E-state index is -0.533. The lowest BCUT2D eigenvalue weighted by Gasteiger charge is -2.26. The molecule has 2 aromatic rings. The first-order chi connectivity index (χ1) is 10.0. The molecule has 0 spiro atoms. The van der Waals surface area contributed by atoms with Gasteiger partial charge >= 0.3 is 5.97 Å². The topological polar surface area (TPSA) is 48.3 Å². The highest BCUT2D eigenvalue weighted by Crippen LogP contribution is 2.30. The second-order valence-electron chi connectivity index (χ2n) is 5.71. The summed E-state index contributed by atoms with van der Waals surface area (Å²) in [6, 6.07) is 4.28. The van der Waals surface area contributed by atoms with E-state index in [0.29, 0.717) is 5.39 Å². The third-order valence-corrected chi connectivity index (χ3v) is 4.15. The van der Waals surface area contributed by atoms with Gasteiger partial charge in [-0.3, -0.25) is 4.79 Å². The number of aromatic nitrogens is 1. The monoisotopic (exact) mass is 285 g/mol. The van der Waals surface area contributed by atoms with Crippen molar-refractivity contribution in [3.63, 3.8) is 0 Å². The van der Waals surface area contributed by atoms with Gasteiger partial charge in [0.2, 0.25) is 5.43 Å². The van der Waals surface area contributed by atoms with Gasteiger partial charge in [0.05, 0.1) is 12.1 Å². The molecule has 0 saturated heterocycles. The molecule has 4 heteroatoms. The van der Waals surface area contributed by atoms with Crippen LogP contribution in [0.3, 0.4) is 0 Å². The van der Waals surface area contributed by atoms with Crippen LogP contribution < -0.4 is 5.43 Å². The summed E-state index contributed by atoms with van der Waals surface area (Å²) in [4.78, 5) is 24.7. The van der Waals surface area contributed by atoms with Crippen molar-refractivity contribution in [1.82, 2.24) is 4.57 Å². The van der Waals surface area contributed by atoms with Crippen LogP contribution in [0.4, 0.5) is 0 Å². The summed E-state index contributed by atoms with van der Waals surface area (Å²) in [6.45, 7) is 6.10. The lowest BCUT2D eigenvalue weighted by atomic mass is 9.94. The average Bonchev–Trinajstić information content (AvgIpc) is 2.45. The van der Waals surface area contributed by atoms with E-state index in [1.165, 1.54) is 5.56 Å². The normalized spacial score (nSPS) is 17.0. The van der Waals surface area contributed by atoms with Crippen molar-refractivity contribution in [1.29, 1.82) is 0 Å². The van der Waals surface area contributed by atoms with Crippen molar-refractivity contribution in [2.24, 2.45) is 0 Å². The number of benzene rings is 1. The standard InChI is InChI=1S/C17H19NO3/c1-4-21-17(20)14-9-18-11(3)5-6-12-7-10(2)8-13(15(12)18)16(14)19/h7-9,11H,4-6H2,1-3H3. The van der Waals surface area contributed by atoms with Gasteiger partial charge in [0.25, 0.3) is 0 Å². The van der Waals surface area contributed by atoms with Gasteiger partial charge in [-0.05, 0) is 50.8 Å². The lowest BCUT2D eigenvalue weighted by Crippen LogP contribution is -2.25. The molecule has 1 unspecified atom stereocenters. The fourth-order valence-electron chi connectivity index (χ4n) is 3.14. The van der Waals surface area contributed by atoms with Crippen molar-refractivity contribution in [2.75, 3.05) is 6.61 Å². The number of hydrogen-bond acceptors (Lipinski definition) is 3. The molecule has 21 heavy (non-hydrogen) atoms. The fourth-order valence-corrected chi connectivity index (χ4v) is 3.14. The highest BCUT2D eigenvalue weighted by atomic mass is 16.5. The summed E-state index contributed by atoms with van der Waals surface area (Å²) in [5.74, 6) is -0.533. The maximum atomic E-state index is 12.6. The Morgan fingerprint density at radius 2 is 2.19 bits per heavy atom. The molecular weight excluding hydrogens is 266 g/mol. The van der Waals surface area contributed by atoms with E-state index < -0.39 is 5.97 Å². The Kier molecular flexibility index (Phi) is 3.32. The zero-order valence-corrected chi connectivity index (χ0v) is 12.6. The van der Waals surface area contributed by atoms with E-state index in [2.05, 4.69) is 17.6 Å². The van der Waals surface area contributed by atoms with Gasteiger partial charge in [-0.15, -0.1) is 0 Å². The molecule has 0 bridgehead atoms. The molecule has 1 aliphatic heterocycles. The number of carbonyl (C=O) groups excluding carboxylic acids is 1. The van der Waals surface area contributed by atoms with Crippen LogP contribution in [-0.2, 0) is 11.2 Å². The number of hydrogen-bond donors (Lipinski definition) is 0. The molecule has 1 aromatic carbocycles. The summed E-state index contributed by atoms with van der Waals surface area (Å²) in [7, 11) is 0. The molecule has 1 aromatic heterocycles. The molecule has 2 heterocycles. The summed E-state index contributed by atoms with van der Waals surface area (Å²) < 4.78 is 7.08. The van der Waals surface area contributed by atoms with Gasteiger partial charge in [-0.25, -0.2) is 4.79 Å². The van der Waals surface area contributed by atoms with E-state index in [-0.39, 0.29) is 23.6 Å². The van der Waals surface area contributed by atoms with Gasteiger partial charge in [-0.2, -0.15) is 0 Å². The van der Waals surface area contributed by atoms with Crippen molar-refractivity contribution in [3.05, 3.63) is 45.2 Å². The molecule has 0 amide bonds. The number of rotatable bonds is 2. The number of pyridine rings is 1. The van der Waals surface area contributed by atoms with Crippen molar-refractivity contribution in [3.8, 4) is 0 Å². The number of ether oxygens (including phenoxy) is 1. The second kappa shape index (κ2) is 5.02. The molecular formula is C17H19NO3. The Bertz CT molecular complexity index is 789. The maximum Gasteiger partial charge on any atom is 0.343 e. The zero-order chi connectivity index (χ0) is 15.1. The van der Waals surface area contributed by atoms with Crippen LogP contribution in [0.5, 0.6) is 0 Å². The predicted octanol–water partition coefficient (Wildman–Crippen LogP) is 2.99. The zero-order valence-electron chi connectivity index (χ0n) is 12.6. The molecule has 0 N–H and O–H groups in total. The summed E-state index contributed by atoms with van der Waals surface area (Å²) in [6.07, 6.45) is 3.65. The molecule has 110 valence electrons. The Labute approximate surface area is 123 Å². The Hall–Kier alpha value is -2.10. The van der Waals surface area contributed by atoms with E-state index in [0.717, 1.165) is 23.9 Å². The second-order valence-corrected chi connectivity index (χ2v) is 5.71.